The van der Waals surface area contributed by atoms with E-state index in [2.05, 4.69) is 147 Å². The van der Waals surface area contributed by atoms with Crippen LogP contribution >= 0.6 is 0 Å². The minimum absolute atomic E-state index is 0. The van der Waals surface area contributed by atoms with Gasteiger partial charge in [0.15, 0.2) is 0 Å². The normalized spacial score (nSPS) is 14.2. The van der Waals surface area contributed by atoms with Gasteiger partial charge in [-0.1, -0.05) is 85.0 Å². The van der Waals surface area contributed by atoms with E-state index in [0.29, 0.717) is 5.92 Å². The summed E-state index contributed by atoms with van der Waals surface area (Å²) in [7, 11) is -1.22. The number of halogens is 2. The van der Waals surface area contributed by atoms with Crippen molar-refractivity contribution in [1.82, 2.24) is 0 Å². The number of rotatable bonds is 4. The van der Waals surface area contributed by atoms with Gasteiger partial charge >= 0.3 is 99.2 Å². The van der Waals surface area contributed by atoms with Crippen LogP contribution < -0.4 is 24.8 Å². The topological polar surface area (TPSA) is 0 Å². The molecule has 0 spiro atoms. The standard InChI is InChI=1S/C21H21Si.C13H10.2ClH.Zr/c1-22(2,3)17-12-11-16(13-17)19-9-6-10-20-18-8-5-4-7-15(18)14-21(19)20;1-3-7-12(8-4-1)11-13-9-5-2-6-10-13;;;/h4-14,16H,1-3H3;1-10H;2*1H;/q-1;;;;+2/p-2. The zero-order valence-corrected chi connectivity index (χ0v) is 26.9. The van der Waals surface area contributed by atoms with E-state index >= 15 is 0 Å². The average Bonchev–Trinajstić information content (AvgIpc) is 3.55. The molecule has 0 saturated carbocycles. The van der Waals surface area contributed by atoms with Gasteiger partial charge in [-0.15, -0.1) is 33.7 Å². The van der Waals surface area contributed by atoms with Crippen LogP contribution in [-0.2, 0) is 24.2 Å². The molecule has 38 heavy (non-hydrogen) atoms. The molecule has 5 aromatic rings. The molecule has 0 aliphatic heterocycles. The predicted molar refractivity (Wildman–Crippen MR) is 156 cm³/mol. The maximum atomic E-state index is 2.48. The molecule has 190 valence electrons. The Balaban J connectivity index is 0.000000219. The molecule has 1 unspecified atom stereocenters. The van der Waals surface area contributed by atoms with E-state index in [1.54, 1.807) is 5.20 Å². The summed E-state index contributed by atoms with van der Waals surface area (Å²) in [6, 6.07) is 38.9. The van der Waals surface area contributed by atoms with Crippen LogP contribution in [0.5, 0.6) is 0 Å². The first-order valence-electron chi connectivity index (χ1n) is 12.6. The molecule has 0 aromatic heterocycles. The van der Waals surface area contributed by atoms with E-state index in [1.165, 1.54) is 65.7 Å². The quantitative estimate of drug-likeness (QED) is 0.212. The molecule has 0 nitrogen and oxygen atoms in total. The number of benzene rings is 4. The molecule has 0 bridgehead atoms. The second-order valence-electron chi connectivity index (χ2n) is 10.4. The molecule has 0 radical (unpaired) electrons. The molecule has 1 aliphatic rings. The average molecular weight is 630 g/mol. The first-order chi connectivity index (χ1) is 17.4. The monoisotopic (exact) mass is 627 g/mol. The third kappa shape index (κ3) is 6.67. The minimum atomic E-state index is -1.22. The van der Waals surface area contributed by atoms with Crippen LogP contribution in [0.2, 0.25) is 19.6 Å². The first-order valence-corrected chi connectivity index (χ1v) is 17.3. The van der Waals surface area contributed by atoms with Gasteiger partial charge in [0.2, 0.25) is 0 Å². The summed E-state index contributed by atoms with van der Waals surface area (Å²) in [6.07, 6.45) is 7.22. The van der Waals surface area contributed by atoms with Crippen molar-refractivity contribution >= 4 is 32.8 Å². The second kappa shape index (κ2) is 13.2. The molecule has 5 aromatic carbocycles. The van der Waals surface area contributed by atoms with Gasteiger partial charge in [-0.25, -0.2) is 0 Å². The molecule has 1 aliphatic carbocycles. The first kappa shape index (κ1) is 30.3. The van der Waals surface area contributed by atoms with Crippen LogP contribution in [0.4, 0.5) is 0 Å². The van der Waals surface area contributed by atoms with E-state index in [0.717, 1.165) is 0 Å². The Bertz CT molecular complexity index is 1530. The summed E-state index contributed by atoms with van der Waals surface area (Å²) < 4.78 is 1.42. The van der Waals surface area contributed by atoms with Crippen LogP contribution in [0.1, 0.15) is 22.6 Å². The van der Waals surface area contributed by atoms with Crippen molar-refractivity contribution in [2.24, 2.45) is 0 Å². The van der Waals surface area contributed by atoms with Crippen LogP contribution in [0.15, 0.2) is 133 Å². The van der Waals surface area contributed by atoms with Crippen molar-refractivity contribution in [2.75, 3.05) is 0 Å². The van der Waals surface area contributed by atoms with Crippen molar-refractivity contribution in [2.45, 2.75) is 25.6 Å². The van der Waals surface area contributed by atoms with Crippen LogP contribution in [0, 0.1) is 0 Å². The number of hydrogen-bond acceptors (Lipinski definition) is 0. The Morgan fingerprint density at radius 3 is 1.82 bits per heavy atom. The summed E-state index contributed by atoms with van der Waals surface area (Å²) in [6.45, 7) is 7.26. The van der Waals surface area contributed by atoms with E-state index in [-0.39, 0.29) is 24.8 Å². The third-order valence-corrected chi connectivity index (χ3v) is 10.4. The Labute approximate surface area is 255 Å². The molecule has 1 atom stereocenters. The summed E-state index contributed by atoms with van der Waals surface area (Å²) in [4.78, 5) is 0. The Hall–Kier alpha value is -2.22. The molecule has 4 heteroatoms. The van der Waals surface area contributed by atoms with Gasteiger partial charge in [0.1, 0.15) is 0 Å². The van der Waals surface area contributed by atoms with Gasteiger partial charge in [-0.2, -0.15) is 0 Å². The van der Waals surface area contributed by atoms with Crippen molar-refractivity contribution in [3.63, 3.8) is 0 Å². The van der Waals surface area contributed by atoms with Gasteiger partial charge in [-0.3, -0.25) is 0 Å². The van der Waals surface area contributed by atoms with Crippen molar-refractivity contribution in [1.29, 1.82) is 0 Å². The predicted octanol–water partition coefficient (Wildman–Crippen LogP) is 2.98. The van der Waals surface area contributed by atoms with Gasteiger partial charge in [-0.05, 0) is 5.92 Å². The Kier molecular flexibility index (Phi) is 10.6. The van der Waals surface area contributed by atoms with Crippen LogP contribution in [-0.4, -0.2) is 11.3 Å². The number of hydrogen-bond donors (Lipinski definition) is 0. The molecule has 0 saturated heterocycles. The van der Waals surface area contributed by atoms with Crippen molar-refractivity contribution in [3.8, 4) is 0 Å². The fourth-order valence-electron chi connectivity index (χ4n) is 4.87. The van der Waals surface area contributed by atoms with Crippen molar-refractivity contribution < 1.29 is 49.0 Å². The molecular weight excluding hydrogens is 599 g/mol. The number of fused-ring (bicyclic) bond motifs is 3. The molecular formula is C34H31Cl2SiZr-. The molecule has 0 fully saturated rings. The van der Waals surface area contributed by atoms with E-state index < -0.39 is 8.07 Å². The van der Waals surface area contributed by atoms with Crippen LogP contribution in [0.25, 0.3) is 21.5 Å². The van der Waals surface area contributed by atoms with Gasteiger partial charge in [0, 0.05) is 0 Å². The van der Waals surface area contributed by atoms with Gasteiger partial charge in [0.25, 0.3) is 0 Å². The van der Waals surface area contributed by atoms with Crippen molar-refractivity contribution in [3.05, 3.63) is 149 Å². The summed E-state index contributed by atoms with van der Waals surface area (Å²) in [5.74, 6) is 0.433. The molecule has 6 rings (SSSR count). The SMILES string of the molecule is C[Si](C)(C)C1=CC(c2cccc3c2[cH-]c2ccccc23)C=C1.[Cl-].[Cl-].[Zr+2]=[C](c1ccccc1)c1ccccc1. The van der Waals surface area contributed by atoms with E-state index in [4.69, 9.17) is 0 Å². The zero-order chi connectivity index (χ0) is 25.1. The van der Waals surface area contributed by atoms with E-state index in [9.17, 15) is 0 Å². The maximum absolute atomic E-state index is 2.48. The second-order valence-corrected chi connectivity index (χ2v) is 16.7. The van der Waals surface area contributed by atoms with Gasteiger partial charge in [0.05, 0.1) is 8.07 Å². The Morgan fingerprint density at radius 2 is 1.24 bits per heavy atom. The Morgan fingerprint density at radius 1 is 0.684 bits per heavy atom. The van der Waals surface area contributed by atoms with Gasteiger partial charge < -0.3 is 24.8 Å². The fraction of sp³-hybridized carbons (Fsp3) is 0.118. The third-order valence-electron chi connectivity index (χ3n) is 6.88. The summed E-state index contributed by atoms with van der Waals surface area (Å²) in [5.41, 5.74) is 4.10. The molecule has 0 heterocycles. The molecule has 0 N–H and O–H groups in total. The summed E-state index contributed by atoms with van der Waals surface area (Å²) >= 11 is 1.46. The molecule has 0 amide bonds. The number of allylic oxidation sites excluding steroid dienone is 4. The van der Waals surface area contributed by atoms with Crippen LogP contribution in [0.3, 0.4) is 0 Å². The van der Waals surface area contributed by atoms with E-state index in [1.807, 2.05) is 0 Å². The fourth-order valence-corrected chi connectivity index (χ4v) is 6.97. The zero-order valence-electron chi connectivity index (χ0n) is 22.0. The summed E-state index contributed by atoms with van der Waals surface area (Å²) in [5, 5.41) is 7.09.